The van der Waals surface area contributed by atoms with Crippen molar-refractivity contribution < 1.29 is 0 Å². The number of aromatic nitrogens is 5. The van der Waals surface area contributed by atoms with Gasteiger partial charge in [-0.05, 0) is 41.0 Å². The minimum Gasteiger partial charge on any atom is -0.261 e. The normalized spacial score (nSPS) is 11.4. The van der Waals surface area contributed by atoms with Gasteiger partial charge in [-0.2, -0.15) is 9.97 Å². The standard InChI is InChI=1S/C42H27N5/c1-5-15-28(16-6-1)32-25-33-27-36-34-23-13-14-24-37(34)43-41(36)47(38(33)35(26-32)29-17-7-2-8-18-29)42-45-39(30-19-9-3-10-20-30)44-40(46-42)31-21-11-4-12-22-31/h1-27H. The van der Waals surface area contributed by atoms with Crippen molar-refractivity contribution in [3.63, 3.8) is 0 Å². The second-order valence-corrected chi connectivity index (χ2v) is 11.6. The Balaban J connectivity index is 1.45. The lowest BCUT2D eigenvalue weighted by Gasteiger charge is -2.20. The molecule has 2 aliphatic rings. The van der Waals surface area contributed by atoms with E-state index in [0.717, 1.165) is 66.6 Å². The SMILES string of the molecule is c1ccc(-c2cc(-c3ccccc3)c3c(c2)cc2c4ccccc4nc-2n3-c2nc(-c3ccccc3)nc(-c3ccccc3)n2)cc1. The van der Waals surface area contributed by atoms with E-state index in [1.807, 2.05) is 66.7 Å². The summed E-state index contributed by atoms with van der Waals surface area (Å²) in [6, 6.07) is 56.4. The van der Waals surface area contributed by atoms with Gasteiger partial charge >= 0.3 is 0 Å². The molecule has 0 atom stereocenters. The van der Waals surface area contributed by atoms with Crippen LogP contribution in [0.4, 0.5) is 0 Å². The van der Waals surface area contributed by atoms with Crippen LogP contribution in [0.15, 0.2) is 164 Å². The predicted molar refractivity (Wildman–Crippen MR) is 190 cm³/mol. The van der Waals surface area contributed by atoms with Crippen LogP contribution in [0.1, 0.15) is 0 Å². The highest BCUT2D eigenvalue weighted by atomic mass is 15.2. The molecular formula is C42H27N5. The van der Waals surface area contributed by atoms with Crippen LogP contribution in [0.5, 0.6) is 0 Å². The molecular weight excluding hydrogens is 574 g/mol. The molecule has 47 heavy (non-hydrogen) atoms. The maximum absolute atomic E-state index is 5.22. The molecule has 7 aromatic rings. The lowest BCUT2D eigenvalue weighted by Crippen LogP contribution is -2.11. The smallest absolute Gasteiger partial charge is 0.240 e. The summed E-state index contributed by atoms with van der Waals surface area (Å²) in [5.74, 6) is 2.52. The first-order valence-corrected chi connectivity index (χ1v) is 15.7. The number of hydrogen-bond acceptors (Lipinski definition) is 4. The Morgan fingerprint density at radius 2 is 0.915 bits per heavy atom. The Morgan fingerprint density at radius 1 is 0.383 bits per heavy atom. The molecule has 0 unspecified atom stereocenters. The average Bonchev–Trinajstić information content (AvgIpc) is 3.52. The zero-order valence-corrected chi connectivity index (χ0v) is 25.3. The van der Waals surface area contributed by atoms with E-state index in [1.54, 1.807) is 0 Å². The van der Waals surface area contributed by atoms with Gasteiger partial charge in [0.2, 0.25) is 5.95 Å². The van der Waals surface area contributed by atoms with E-state index in [-0.39, 0.29) is 0 Å². The quantitative estimate of drug-likeness (QED) is 0.197. The van der Waals surface area contributed by atoms with Crippen molar-refractivity contribution in [3.8, 4) is 62.4 Å². The molecule has 3 heterocycles. The van der Waals surface area contributed by atoms with Crippen molar-refractivity contribution in [2.45, 2.75) is 0 Å². The molecule has 1 aromatic heterocycles. The average molecular weight is 602 g/mol. The second-order valence-electron chi connectivity index (χ2n) is 11.6. The van der Waals surface area contributed by atoms with Crippen LogP contribution in [0.2, 0.25) is 0 Å². The van der Waals surface area contributed by atoms with Crippen molar-refractivity contribution in [1.82, 2.24) is 24.5 Å². The van der Waals surface area contributed by atoms with Gasteiger partial charge in [-0.1, -0.05) is 140 Å². The third-order valence-electron chi connectivity index (χ3n) is 8.62. The Labute approximate surface area is 271 Å². The summed E-state index contributed by atoms with van der Waals surface area (Å²) in [5, 5.41) is 2.16. The maximum atomic E-state index is 5.22. The summed E-state index contributed by atoms with van der Waals surface area (Å²) in [7, 11) is 0. The fourth-order valence-corrected chi connectivity index (χ4v) is 6.41. The highest BCUT2D eigenvalue weighted by Crippen LogP contribution is 2.42. The van der Waals surface area contributed by atoms with Crippen LogP contribution in [-0.2, 0) is 0 Å². The number of hydrogen-bond donors (Lipinski definition) is 0. The fraction of sp³-hybridized carbons (Fsp3) is 0. The molecule has 0 bridgehead atoms. The summed E-state index contributed by atoms with van der Waals surface area (Å²) in [6.07, 6.45) is 0. The van der Waals surface area contributed by atoms with Gasteiger partial charge in [-0.25, -0.2) is 9.97 Å². The first-order chi connectivity index (χ1) is 23.3. The molecule has 0 radical (unpaired) electrons. The van der Waals surface area contributed by atoms with Gasteiger partial charge in [0, 0.05) is 33.0 Å². The van der Waals surface area contributed by atoms with Crippen molar-refractivity contribution >= 4 is 21.8 Å². The van der Waals surface area contributed by atoms with E-state index < -0.39 is 0 Å². The molecule has 6 aromatic carbocycles. The molecule has 220 valence electrons. The van der Waals surface area contributed by atoms with Crippen LogP contribution >= 0.6 is 0 Å². The number of pyridine rings is 1. The van der Waals surface area contributed by atoms with Crippen LogP contribution in [0.3, 0.4) is 0 Å². The van der Waals surface area contributed by atoms with E-state index in [1.165, 1.54) is 0 Å². The molecule has 0 aliphatic carbocycles. The molecule has 2 aliphatic heterocycles. The summed E-state index contributed by atoms with van der Waals surface area (Å²) in [4.78, 5) is 20.6. The Morgan fingerprint density at radius 3 is 1.53 bits per heavy atom. The van der Waals surface area contributed by atoms with Crippen LogP contribution in [0.25, 0.3) is 84.2 Å². The number of benzene rings is 6. The van der Waals surface area contributed by atoms with Gasteiger partial charge in [0.25, 0.3) is 0 Å². The first-order valence-electron chi connectivity index (χ1n) is 15.7. The molecule has 0 saturated heterocycles. The minimum atomic E-state index is 0.515. The van der Waals surface area contributed by atoms with Crippen molar-refractivity contribution in [2.75, 3.05) is 0 Å². The maximum Gasteiger partial charge on any atom is 0.240 e. The van der Waals surface area contributed by atoms with Crippen molar-refractivity contribution in [2.24, 2.45) is 0 Å². The zero-order valence-electron chi connectivity index (χ0n) is 25.3. The molecule has 0 N–H and O–H groups in total. The molecule has 5 heteroatoms. The predicted octanol–water partition coefficient (Wildman–Crippen LogP) is 10.1. The molecule has 9 rings (SSSR count). The topological polar surface area (TPSA) is 56.5 Å². The first kappa shape index (κ1) is 26.9. The number of fused-ring (bicyclic) bond motifs is 4. The van der Waals surface area contributed by atoms with E-state index in [2.05, 4.69) is 102 Å². The second kappa shape index (κ2) is 11.2. The van der Waals surface area contributed by atoms with E-state index in [4.69, 9.17) is 19.9 Å². The van der Waals surface area contributed by atoms with Gasteiger partial charge in [0.05, 0.1) is 11.0 Å². The van der Waals surface area contributed by atoms with Gasteiger partial charge in [-0.15, -0.1) is 0 Å². The van der Waals surface area contributed by atoms with Crippen LogP contribution < -0.4 is 0 Å². The van der Waals surface area contributed by atoms with Gasteiger partial charge in [-0.3, -0.25) is 4.57 Å². The minimum absolute atomic E-state index is 0.515. The number of nitrogens with zero attached hydrogens (tertiary/aromatic N) is 5. The van der Waals surface area contributed by atoms with Gasteiger partial charge in [0.15, 0.2) is 11.6 Å². The van der Waals surface area contributed by atoms with Crippen molar-refractivity contribution in [3.05, 3.63) is 164 Å². The van der Waals surface area contributed by atoms with E-state index in [0.29, 0.717) is 17.6 Å². The lowest BCUT2D eigenvalue weighted by molar-refractivity contribution is 0.920. The molecule has 0 spiro atoms. The highest BCUT2D eigenvalue weighted by Gasteiger charge is 2.24. The zero-order chi connectivity index (χ0) is 31.2. The summed E-state index contributed by atoms with van der Waals surface area (Å²) in [5.41, 5.74) is 9.24. The van der Waals surface area contributed by atoms with E-state index in [9.17, 15) is 0 Å². The molecule has 5 nitrogen and oxygen atoms in total. The largest absolute Gasteiger partial charge is 0.261 e. The van der Waals surface area contributed by atoms with E-state index >= 15 is 0 Å². The molecule has 0 amide bonds. The van der Waals surface area contributed by atoms with Crippen LogP contribution in [-0.4, -0.2) is 24.5 Å². The van der Waals surface area contributed by atoms with Gasteiger partial charge in [0.1, 0.15) is 5.82 Å². The summed E-state index contributed by atoms with van der Waals surface area (Å²) >= 11 is 0. The molecule has 0 saturated carbocycles. The lowest BCUT2D eigenvalue weighted by atomic mass is 9.94. The summed E-state index contributed by atoms with van der Waals surface area (Å²) in [6.45, 7) is 0. The van der Waals surface area contributed by atoms with Gasteiger partial charge < -0.3 is 0 Å². The number of rotatable bonds is 5. The highest BCUT2D eigenvalue weighted by molar-refractivity contribution is 6.06. The monoisotopic (exact) mass is 601 g/mol. The Hall–Kier alpha value is -6.46. The summed E-state index contributed by atoms with van der Waals surface area (Å²) < 4.78 is 2.14. The fourth-order valence-electron chi connectivity index (χ4n) is 6.41. The Bertz CT molecular complexity index is 2430. The third-order valence-corrected chi connectivity index (χ3v) is 8.62. The van der Waals surface area contributed by atoms with Crippen molar-refractivity contribution in [1.29, 1.82) is 0 Å². The van der Waals surface area contributed by atoms with Crippen LogP contribution in [0, 0.1) is 0 Å². The number of para-hydroxylation sites is 1. The Kier molecular flexibility index (Phi) is 6.39. The molecule has 0 fully saturated rings. The third kappa shape index (κ3) is 4.73.